The van der Waals surface area contributed by atoms with E-state index in [0.717, 1.165) is 0 Å². The second-order valence-electron chi connectivity index (χ2n) is 5.00. The Kier molecular flexibility index (Phi) is 2.14. The molecule has 80 valence electrons. The Bertz CT molecular complexity index is 294. The third-order valence-corrected chi connectivity index (χ3v) is 3.77. The third-order valence-electron chi connectivity index (χ3n) is 3.77. The van der Waals surface area contributed by atoms with Crippen LogP contribution in [0.25, 0.3) is 0 Å². The van der Waals surface area contributed by atoms with Crippen LogP contribution in [-0.4, -0.2) is 35.0 Å². The third kappa shape index (κ3) is 1.06. The molecule has 0 spiro atoms. The smallest absolute Gasteiger partial charge is 0.327 e. The molecule has 1 saturated heterocycles. The molecule has 1 heterocycles. The molecule has 1 aliphatic heterocycles. The lowest BCUT2D eigenvalue weighted by Crippen LogP contribution is -2.43. The maximum atomic E-state index is 11.8. The van der Waals surface area contributed by atoms with Gasteiger partial charge in [-0.15, -0.1) is 0 Å². The van der Waals surface area contributed by atoms with Gasteiger partial charge in [0.2, 0.25) is 5.91 Å². The number of rotatable bonds is 1. The second-order valence-corrected chi connectivity index (χ2v) is 5.00. The van der Waals surface area contributed by atoms with Crippen LogP contribution in [0.5, 0.6) is 0 Å². The van der Waals surface area contributed by atoms with Gasteiger partial charge in [-0.1, -0.05) is 27.7 Å². The maximum absolute atomic E-state index is 11.8. The van der Waals surface area contributed by atoms with Gasteiger partial charge in [0.05, 0.1) is 5.41 Å². The molecule has 0 aliphatic carbocycles. The van der Waals surface area contributed by atoms with Crippen molar-refractivity contribution in [2.75, 3.05) is 7.05 Å². The number of amides is 1. The lowest BCUT2D eigenvalue weighted by Gasteiger charge is -2.33. The number of carboxylic acid groups (broad SMARTS) is 1. The van der Waals surface area contributed by atoms with Gasteiger partial charge in [0.25, 0.3) is 0 Å². The van der Waals surface area contributed by atoms with Gasteiger partial charge in [-0.3, -0.25) is 4.79 Å². The molecule has 1 aliphatic rings. The van der Waals surface area contributed by atoms with Gasteiger partial charge in [0, 0.05) is 12.5 Å². The van der Waals surface area contributed by atoms with E-state index in [-0.39, 0.29) is 5.91 Å². The van der Waals surface area contributed by atoms with E-state index in [1.807, 2.05) is 13.8 Å². The summed E-state index contributed by atoms with van der Waals surface area (Å²) in [6.07, 6.45) is 0. The molecule has 0 bridgehead atoms. The monoisotopic (exact) mass is 199 g/mol. The zero-order valence-electron chi connectivity index (χ0n) is 9.29. The van der Waals surface area contributed by atoms with Gasteiger partial charge >= 0.3 is 5.97 Å². The van der Waals surface area contributed by atoms with E-state index in [9.17, 15) is 9.59 Å². The van der Waals surface area contributed by atoms with E-state index in [1.165, 1.54) is 4.90 Å². The molecule has 0 aromatic heterocycles. The van der Waals surface area contributed by atoms with Crippen molar-refractivity contribution in [2.24, 2.45) is 10.8 Å². The summed E-state index contributed by atoms with van der Waals surface area (Å²) in [6.45, 7) is 7.25. The van der Waals surface area contributed by atoms with E-state index in [2.05, 4.69) is 0 Å². The molecule has 1 fully saturated rings. The van der Waals surface area contributed by atoms with Crippen molar-refractivity contribution in [1.82, 2.24) is 4.90 Å². The van der Waals surface area contributed by atoms with Gasteiger partial charge in [0.15, 0.2) is 0 Å². The fourth-order valence-corrected chi connectivity index (χ4v) is 2.13. The normalized spacial score (nSPS) is 29.4. The number of carboxylic acids is 1. The zero-order valence-corrected chi connectivity index (χ0v) is 9.29. The molecule has 14 heavy (non-hydrogen) atoms. The van der Waals surface area contributed by atoms with Crippen molar-refractivity contribution in [2.45, 2.75) is 33.7 Å². The van der Waals surface area contributed by atoms with Crippen molar-refractivity contribution in [3.8, 4) is 0 Å². The minimum Gasteiger partial charge on any atom is -0.480 e. The average molecular weight is 199 g/mol. The van der Waals surface area contributed by atoms with Crippen LogP contribution >= 0.6 is 0 Å². The predicted molar refractivity (Wildman–Crippen MR) is 51.8 cm³/mol. The highest BCUT2D eigenvalue weighted by molar-refractivity contribution is 5.92. The minimum atomic E-state index is -0.934. The summed E-state index contributed by atoms with van der Waals surface area (Å²) >= 11 is 0. The van der Waals surface area contributed by atoms with Crippen molar-refractivity contribution < 1.29 is 14.7 Å². The Morgan fingerprint density at radius 2 is 1.79 bits per heavy atom. The van der Waals surface area contributed by atoms with Crippen molar-refractivity contribution >= 4 is 11.9 Å². The van der Waals surface area contributed by atoms with Crippen LogP contribution < -0.4 is 0 Å². The van der Waals surface area contributed by atoms with Gasteiger partial charge < -0.3 is 10.0 Å². The van der Waals surface area contributed by atoms with Crippen LogP contribution in [0.15, 0.2) is 0 Å². The van der Waals surface area contributed by atoms with E-state index in [4.69, 9.17) is 5.11 Å². The number of likely N-dealkylation sites (tertiary alicyclic amines) is 1. The first kappa shape index (κ1) is 11.0. The summed E-state index contributed by atoms with van der Waals surface area (Å²) in [7, 11) is 1.55. The average Bonchev–Trinajstić information content (AvgIpc) is 2.10. The molecular formula is C10H17NO3. The summed E-state index contributed by atoms with van der Waals surface area (Å²) in [4.78, 5) is 24.2. The molecule has 1 amide bonds. The summed E-state index contributed by atoms with van der Waals surface area (Å²) < 4.78 is 0. The summed E-state index contributed by atoms with van der Waals surface area (Å²) in [6, 6.07) is -0.731. The van der Waals surface area contributed by atoms with Crippen molar-refractivity contribution in [3.63, 3.8) is 0 Å². The Morgan fingerprint density at radius 3 is 1.93 bits per heavy atom. The molecule has 4 nitrogen and oxygen atoms in total. The summed E-state index contributed by atoms with van der Waals surface area (Å²) in [5, 5.41) is 9.08. The van der Waals surface area contributed by atoms with Gasteiger partial charge in [-0.05, 0) is 0 Å². The zero-order chi connectivity index (χ0) is 11.3. The van der Waals surface area contributed by atoms with Crippen molar-refractivity contribution in [1.29, 1.82) is 0 Å². The summed E-state index contributed by atoms with van der Waals surface area (Å²) in [5.41, 5.74) is -1.17. The number of carbonyl (C=O) groups is 2. The maximum Gasteiger partial charge on any atom is 0.327 e. The van der Waals surface area contributed by atoms with E-state index >= 15 is 0 Å². The molecule has 0 aromatic carbocycles. The SMILES string of the molecule is CN1C(=O)C(C)(C)C(C)(C)C1C(=O)O. The lowest BCUT2D eigenvalue weighted by molar-refractivity contribution is -0.147. The van der Waals surface area contributed by atoms with Gasteiger partial charge in [-0.2, -0.15) is 0 Å². The molecule has 4 heteroatoms. The standard InChI is InChI=1S/C10H17NO3/c1-9(2)6(7(12)13)11(5)8(14)10(9,3)4/h6H,1-5H3,(H,12,13). The number of hydrogen-bond donors (Lipinski definition) is 1. The molecule has 0 saturated carbocycles. The van der Waals surface area contributed by atoms with Crippen LogP contribution in [-0.2, 0) is 9.59 Å². The molecule has 1 unspecified atom stereocenters. The number of carbonyl (C=O) groups excluding carboxylic acids is 1. The van der Waals surface area contributed by atoms with Crippen LogP contribution in [0.1, 0.15) is 27.7 Å². The van der Waals surface area contributed by atoms with Gasteiger partial charge in [0.1, 0.15) is 6.04 Å². The fraction of sp³-hybridized carbons (Fsp3) is 0.800. The molecule has 1 N–H and O–H groups in total. The van der Waals surface area contributed by atoms with Crippen LogP contribution in [0.4, 0.5) is 0 Å². The van der Waals surface area contributed by atoms with E-state index in [0.29, 0.717) is 0 Å². The Labute approximate surface area is 83.9 Å². The molecular weight excluding hydrogens is 182 g/mol. The highest BCUT2D eigenvalue weighted by Crippen LogP contribution is 2.49. The first-order valence-electron chi connectivity index (χ1n) is 4.64. The molecule has 0 radical (unpaired) electrons. The number of nitrogens with zero attached hydrogens (tertiary/aromatic N) is 1. The fourth-order valence-electron chi connectivity index (χ4n) is 2.13. The highest BCUT2D eigenvalue weighted by atomic mass is 16.4. The quantitative estimate of drug-likeness (QED) is 0.684. The topological polar surface area (TPSA) is 57.6 Å². The van der Waals surface area contributed by atoms with Crippen molar-refractivity contribution in [3.05, 3.63) is 0 Å². The molecule has 1 rings (SSSR count). The van der Waals surface area contributed by atoms with Crippen LogP contribution in [0, 0.1) is 10.8 Å². The molecule has 0 aromatic rings. The first-order chi connectivity index (χ1) is 6.14. The Balaban J connectivity index is 3.25. The highest BCUT2D eigenvalue weighted by Gasteiger charge is 2.60. The largest absolute Gasteiger partial charge is 0.480 e. The van der Waals surface area contributed by atoms with Crippen LogP contribution in [0.3, 0.4) is 0 Å². The van der Waals surface area contributed by atoms with E-state index < -0.39 is 22.8 Å². The minimum absolute atomic E-state index is 0.102. The lowest BCUT2D eigenvalue weighted by atomic mass is 9.67. The number of aliphatic carboxylic acids is 1. The van der Waals surface area contributed by atoms with Crippen LogP contribution in [0.2, 0.25) is 0 Å². The number of hydrogen-bond acceptors (Lipinski definition) is 2. The Morgan fingerprint density at radius 1 is 1.36 bits per heavy atom. The summed E-state index contributed by atoms with van der Waals surface area (Å²) in [5.74, 6) is -1.04. The predicted octanol–water partition coefficient (Wildman–Crippen LogP) is 0.964. The number of likely N-dealkylation sites (N-methyl/N-ethyl adjacent to an activating group) is 1. The molecule has 1 atom stereocenters. The first-order valence-corrected chi connectivity index (χ1v) is 4.64. The van der Waals surface area contributed by atoms with Gasteiger partial charge in [-0.25, -0.2) is 4.79 Å². The van der Waals surface area contributed by atoms with E-state index in [1.54, 1.807) is 20.9 Å². The Hall–Kier alpha value is -1.06. The second kappa shape index (κ2) is 2.72.